The molecule has 4 aromatic rings. The van der Waals surface area contributed by atoms with Crippen LogP contribution in [-0.4, -0.2) is 36.2 Å². The molecule has 172 valence electrons. The van der Waals surface area contributed by atoms with Crippen molar-refractivity contribution in [2.45, 2.75) is 29.8 Å². The number of para-hydroxylation sites is 1. The molecule has 1 N–H and O–H groups in total. The van der Waals surface area contributed by atoms with Gasteiger partial charge < -0.3 is 5.32 Å². The van der Waals surface area contributed by atoms with Crippen LogP contribution in [0.3, 0.4) is 0 Å². The fourth-order valence-corrected chi connectivity index (χ4v) is 6.41. The standard InChI is InChI=1S/C27H25N3O3S/c31-27(29-25(20-10-3-1-4-11-20)21-12-5-2-6-13-21)23-16-9-19-30(23)34(32,33)24-17-7-14-22-15-8-18-28-26(22)24/h1-8,10-15,17-18,23,25H,9,16,19H2,(H,29,31). The number of hydrogen-bond donors (Lipinski definition) is 1. The third-order valence-electron chi connectivity index (χ3n) is 6.24. The molecule has 0 saturated carbocycles. The van der Waals surface area contributed by atoms with Crippen molar-refractivity contribution >= 4 is 26.8 Å². The number of carbonyl (C=O) groups is 1. The molecule has 0 radical (unpaired) electrons. The first kappa shape index (κ1) is 22.3. The predicted molar refractivity (Wildman–Crippen MR) is 132 cm³/mol. The number of rotatable bonds is 6. The van der Waals surface area contributed by atoms with Crippen molar-refractivity contribution in [1.82, 2.24) is 14.6 Å². The number of aromatic nitrogens is 1. The quantitative estimate of drug-likeness (QED) is 0.455. The molecular formula is C27H25N3O3S. The second kappa shape index (κ2) is 9.37. The molecule has 1 aromatic heterocycles. The SMILES string of the molecule is O=C(NC(c1ccccc1)c1ccccc1)C1CCCN1S(=O)(=O)c1cccc2cccnc12. The maximum Gasteiger partial charge on any atom is 0.245 e. The fourth-order valence-electron chi connectivity index (χ4n) is 4.59. The first-order chi connectivity index (χ1) is 16.6. The van der Waals surface area contributed by atoms with Gasteiger partial charge in [0.25, 0.3) is 0 Å². The second-order valence-corrected chi connectivity index (χ2v) is 10.2. The summed E-state index contributed by atoms with van der Waals surface area (Å²) in [7, 11) is -3.91. The van der Waals surface area contributed by atoms with Gasteiger partial charge in [-0.25, -0.2) is 8.42 Å². The maximum absolute atomic E-state index is 13.7. The molecular weight excluding hydrogens is 446 g/mol. The van der Waals surface area contributed by atoms with E-state index in [2.05, 4.69) is 10.3 Å². The minimum Gasteiger partial charge on any atom is -0.344 e. The Morgan fingerprint density at radius 1 is 0.882 bits per heavy atom. The minimum atomic E-state index is -3.91. The van der Waals surface area contributed by atoms with Crippen LogP contribution in [0.4, 0.5) is 0 Å². The Morgan fingerprint density at radius 2 is 1.53 bits per heavy atom. The minimum absolute atomic E-state index is 0.132. The second-order valence-electron chi connectivity index (χ2n) is 8.37. The van der Waals surface area contributed by atoms with E-state index in [1.807, 2.05) is 72.8 Å². The summed E-state index contributed by atoms with van der Waals surface area (Å²) in [5.74, 6) is -0.299. The van der Waals surface area contributed by atoms with Gasteiger partial charge in [0.2, 0.25) is 15.9 Å². The van der Waals surface area contributed by atoms with Gasteiger partial charge in [-0.05, 0) is 36.1 Å². The summed E-state index contributed by atoms with van der Waals surface area (Å²) < 4.78 is 28.7. The van der Waals surface area contributed by atoms with Crippen molar-refractivity contribution in [3.63, 3.8) is 0 Å². The number of amides is 1. The summed E-state index contributed by atoms with van der Waals surface area (Å²) in [6.07, 6.45) is 2.68. The van der Waals surface area contributed by atoms with Crippen LogP contribution in [-0.2, 0) is 14.8 Å². The lowest BCUT2D eigenvalue weighted by Crippen LogP contribution is -2.47. The van der Waals surface area contributed by atoms with Crippen molar-refractivity contribution in [2.24, 2.45) is 0 Å². The van der Waals surface area contributed by atoms with Crippen LogP contribution in [0, 0.1) is 0 Å². The Labute approximate surface area is 199 Å². The first-order valence-electron chi connectivity index (χ1n) is 11.3. The number of nitrogens with one attached hydrogen (secondary N) is 1. The van der Waals surface area contributed by atoms with Crippen LogP contribution >= 0.6 is 0 Å². The molecule has 1 unspecified atom stereocenters. The van der Waals surface area contributed by atoms with Gasteiger partial charge in [-0.15, -0.1) is 0 Å². The summed E-state index contributed by atoms with van der Waals surface area (Å²) in [6.45, 7) is 0.297. The third kappa shape index (κ3) is 4.20. The molecule has 0 bridgehead atoms. The van der Waals surface area contributed by atoms with Crippen LogP contribution in [0.2, 0.25) is 0 Å². The molecule has 6 nitrogen and oxygen atoms in total. The normalized spacial score (nSPS) is 16.7. The van der Waals surface area contributed by atoms with E-state index in [-0.39, 0.29) is 16.8 Å². The van der Waals surface area contributed by atoms with E-state index in [1.165, 1.54) is 4.31 Å². The Balaban J connectivity index is 1.46. The fraction of sp³-hybridized carbons (Fsp3) is 0.185. The van der Waals surface area contributed by atoms with Gasteiger partial charge in [-0.1, -0.05) is 78.9 Å². The average Bonchev–Trinajstić information content (AvgIpc) is 3.39. The Bertz CT molecular complexity index is 1360. The van der Waals surface area contributed by atoms with Crippen molar-refractivity contribution in [3.05, 3.63) is 108 Å². The molecule has 1 aliphatic rings. The zero-order chi connectivity index (χ0) is 23.5. The highest BCUT2D eigenvalue weighted by Crippen LogP contribution is 2.31. The largest absolute Gasteiger partial charge is 0.344 e. The van der Waals surface area contributed by atoms with Crippen LogP contribution in [0.25, 0.3) is 10.9 Å². The van der Waals surface area contributed by atoms with E-state index in [0.29, 0.717) is 24.9 Å². The first-order valence-corrected chi connectivity index (χ1v) is 12.8. The third-order valence-corrected chi connectivity index (χ3v) is 8.18. The molecule has 7 heteroatoms. The van der Waals surface area contributed by atoms with Gasteiger partial charge in [-0.3, -0.25) is 9.78 Å². The highest BCUT2D eigenvalue weighted by molar-refractivity contribution is 7.89. The number of fused-ring (bicyclic) bond motifs is 1. The topological polar surface area (TPSA) is 79.4 Å². The average molecular weight is 472 g/mol. The monoisotopic (exact) mass is 471 g/mol. The number of carbonyl (C=O) groups excluding carboxylic acids is 1. The Morgan fingerprint density at radius 3 is 2.21 bits per heavy atom. The smallest absolute Gasteiger partial charge is 0.245 e. The van der Waals surface area contributed by atoms with Crippen molar-refractivity contribution < 1.29 is 13.2 Å². The molecule has 1 amide bonds. The van der Waals surface area contributed by atoms with Gasteiger partial charge >= 0.3 is 0 Å². The van der Waals surface area contributed by atoms with Gasteiger partial charge in [0, 0.05) is 18.1 Å². The summed E-state index contributed by atoms with van der Waals surface area (Å²) in [5.41, 5.74) is 2.29. The van der Waals surface area contributed by atoms with E-state index < -0.39 is 16.1 Å². The lowest BCUT2D eigenvalue weighted by atomic mass is 9.98. The number of sulfonamides is 1. The maximum atomic E-state index is 13.7. The number of pyridine rings is 1. The molecule has 0 spiro atoms. The number of hydrogen-bond acceptors (Lipinski definition) is 4. The summed E-state index contributed by atoms with van der Waals surface area (Å²) in [4.78, 5) is 18.0. The summed E-state index contributed by atoms with van der Waals surface area (Å²) in [6, 6.07) is 27.0. The molecule has 0 aliphatic carbocycles. The van der Waals surface area contributed by atoms with E-state index in [0.717, 1.165) is 16.5 Å². The molecule has 1 aliphatic heterocycles. The zero-order valence-electron chi connectivity index (χ0n) is 18.5. The van der Waals surface area contributed by atoms with Gasteiger partial charge in [0.15, 0.2) is 0 Å². The van der Waals surface area contributed by atoms with Gasteiger partial charge in [0.05, 0.1) is 11.6 Å². The molecule has 34 heavy (non-hydrogen) atoms. The molecule has 1 fully saturated rings. The molecule has 1 atom stereocenters. The highest BCUT2D eigenvalue weighted by atomic mass is 32.2. The summed E-state index contributed by atoms with van der Waals surface area (Å²) in [5, 5.41) is 3.87. The molecule has 3 aromatic carbocycles. The van der Waals surface area contributed by atoms with E-state index in [1.54, 1.807) is 24.4 Å². The van der Waals surface area contributed by atoms with Crippen LogP contribution in [0.1, 0.15) is 30.0 Å². The van der Waals surface area contributed by atoms with E-state index in [4.69, 9.17) is 0 Å². The molecule has 1 saturated heterocycles. The zero-order valence-corrected chi connectivity index (χ0v) is 19.4. The number of nitrogens with zero attached hydrogens (tertiary/aromatic N) is 2. The molecule has 5 rings (SSSR count). The van der Waals surface area contributed by atoms with Gasteiger partial charge in [-0.2, -0.15) is 4.31 Å². The lowest BCUT2D eigenvalue weighted by Gasteiger charge is -2.27. The van der Waals surface area contributed by atoms with Crippen molar-refractivity contribution in [3.8, 4) is 0 Å². The highest BCUT2D eigenvalue weighted by Gasteiger charge is 2.41. The predicted octanol–water partition coefficient (Wildman–Crippen LogP) is 4.29. The van der Waals surface area contributed by atoms with Crippen LogP contribution in [0.5, 0.6) is 0 Å². The Kier molecular flexibility index (Phi) is 6.13. The molecule has 2 heterocycles. The Hall–Kier alpha value is -3.55. The van der Waals surface area contributed by atoms with E-state index in [9.17, 15) is 13.2 Å². The number of benzene rings is 3. The van der Waals surface area contributed by atoms with Crippen LogP contribution in [0.15, 0.2) is 102 Å². The van der Waals surface area contributed by atoms with Crippen molar-refractivity contribution in [2.75, 3.05) is 6.54 Å². The van der Waals surface area contributed by atoms with Crippen LogP contribution < -0.4 is 5.32 Å². The van der Waals surface area contributed by atoms with Crippen molar-refractivity contribution in [1.29, 1.82) is 0 Å². The van der Waals surface area contributed by atoms with E-state index >= 15 is 0 Å². The van der Waals surface area contributed by atoms with Gasteiger partial charge in [0.1, 0.15) is 10.9 Å². The lowest BCUT2D eigenvalue weighted by molar-refractivity contribution is -0.124. The summed E-state index contributed by atoms with van der Waals surface area (Å²) >= 11 is 0.